The second-order valence-corrected chi connectivity index (χ2v) is 8.00. The standard InChI is InChI=1S/C26H31N3O4/c1-4-20-5-10-22(11-6-20)26(32)29-17-15-28(16-18-29)25(31)19(2)27-24(30)14-9-21-7-12-23(33-3)13-8-21/h5-14,19H,4,15-18H2,1-3H3,(H,27,30)/b14-9+. The van der Waals surface area contributed by atoms with E-state index in [1.54, 1.807) is 29.9 Å². The second kappa shape index (κ2) is 11.3. The minimum absolute atomic E-state index is 0.0187. The van der Waals surface area contributed by atoms with Crippen LogP contribution in [0.5, 0.6) is 5.75 Å². The molecule has 3 rings (SSSR count). The Kier molecular flexibility index (Phi) is 8.24. The number of piperazine rings is 1. The Bertz CT molecular complexity index is 991. The summed E-state index contributed by atoms with van der Waals surface area (Å²) < 4.78 is 5.11. The summed E-state index contributed by atoms with van der Waals surface area (Å²) in [7, 11) is 1.60. The Morgan fingerprint density at radius 3 is 2.15 bits per heavy atom. The van der Waals surface area contributed by atoms with Crippen LogP contribution in [-0.2, 0) is 16.0 Å². The van der Waals surface area contributed by atoms with Gasteiger partial charge in [-0.2, -0.15) is 0 Å². The highest BCUT2D eigenvalue weighted by atomic mass is 16.5. The predicted octanol–water partition coefficient (Wildman–Crippen LogP) is 2.76. The average Bonchev–Trinajstić information content (AvgIpc) is 2.87. The second-order valence-electron chi connectivity index (χ2n) is 8.00. The van der Waals surface area contributed by atoms with E-state index in [-0.39, 0.29) is 17.7 Å². The van der Waals surface area contributed by atoms with Crippen molar-refractivity contribution in [1.82, 2.24) is 15.1 Å². The molecule has 1 aliphatic heterocycles. The number of hydrogen-bond acceptors (Lipinski definition) is 4. The highest BCUT2D eigenvalue weighted by Crippen LogP contribution is 2.13. The number of aryl methyl sites for hydroxylation is 1. The predicted molar refractivity (Wildman–Crippen MR) is 128 cm³/mol. The van der Waals surface area contributed by atoms with Crippen LogP contribution in [0.1, 0.15) is 35.3 Å². The van der Waals surface area contributed by atoms with Gasteiger partial charge in [0.15, 0.2) is 0 Å². The number of hydrogen-bond donors (Lipinski definition) is 1. The molecule has 1 atom stereocenters. The lowest BCUT2D eigenvalue weighted by Gasteiger charge is -2.36. The maximum Gasteiger partial charge on any atom is 0.253 e. The van der Waals surface area contributed by atoms with E-state index in [0.717, 1.165) is 17.7 Å². The van der Waals surface area contributed by atoms with Gasteiger partial charge in [-0.25, -0.2) is 0 Å². The fraction of sp³-hybridized carbons (Fsp3) is 0.346. The van der Waals surface area contributed by atoms with E-state index in [1.807, 2.05) is 48.5 Å². The van der Waals surface area contributed by atoms with Crippen molar-refractivity contribution in [1.29, 1.82) is 0 Å². The molecule has 0 spiro atoms. The number of carbonyl (C=O) groups is 3. The molecule has 7 nitrogen and oxygen atoms in total. The summed E-state index contributed by atoms with van der Waals surface area (Å²) in [5, 5.41) is 2.72. The number of nitrogens with zero attached hydrogens (tertiary/aromatic N) is 2. The van der Waals surface area contributed by atoms with Crippen molar-refractivity contribution in [2.45, 2.75) is 26.3 Å². The molecule has 1 fully saturated rings. The summed E-state index contributed by atoms with van der Waals surface area (Å²) >= 11 is 0. The number of methoxy groups -OCH3 is 1. The van der Waals surface area contributed by atoms with Crippen molar-refractivity contribution in [2.24, 2.45) is 0 Å². The van der Waals surface area contributed by atoms with Crippen LogP contribution < -0.4 is 10.1 Å². The van der Waals surface area contributed by atoms with Crippen LogP contribution in [0.2, 0.25) is 0 Å². The Morgan fingerprint density at radius 2 is 1.58 bits per heavy atom. The summed E-state index contributed by atoms with van der Waals surface area (Å²) in [6, 6.07) is 14.3. The molecule has 0 aromatic heterocycles. The normalized spacial score (nSPS) is 14.8. The minimum Gasteiger partial charge on any atom is -0.497 e. The van der Waals surface area contributed by atoms with Crippen molar-refractivity contribution >= 4 is 23.8 Å². The minimum atomic E-state index is -0.651. The van der Waals surface area contributed by atoms with Crippen molar-refractivity contribution in [3.63, 3.8) is 0 Å². The van der Waals surface area contributed by atoms with Gasteiger partial charge in [0.1, 0.15) is 11.8 Å². The molecule has 0 saturated carbocycles. The molecule has 1 unspecified atom stereocenters. The van der Waals surface area contributed by atoms with Gasteiger partial charge in [0.2, 0.25) is 11.8 Å². The van der Waals surface area contributed by atoms with Crippen LogP contribution in [0.4, 0.5) is 0 Å². The van der Waals surface area contributed by atoms with Gasteiger partial charge in [-0.05, 0) is 54.8 Å². The molecule has 33 heavy (non-hydrogen) atoms. The van der Waals surface area contributed by atoms with Crippen molar-refractivity contribution in [2.75, 3.05) is 33.3 Å². The highest BCUT2D eigenvalue weighted by molar-refractivity contribution is 5.96. The first-order valence-corrected chi connectivity index (χ1v) is 11.2. The number of rotatable bonds is 7. The van der Waals surface area contributed by atoms with Crippen LogP contribution in [0.3, 0.4) is 0 Å². The van der Waals surface area contributed by atoms with Gasteiger partial charge in [-0.1, -0.05) is 31.2 Å². The lowest BCUT2D eigenvalue weighted by atomic mass is 10.1. The van der Waals surface area contributed by atoms with Crippen LogP contribution >= 0.6 is 0 Å². The molecule has 0 radical (unpaired) electrons. The van der Waals surface area contributed by atoms with E-state index in [9.17, 15) is 14.4 Å². The summed E-state index contributed by atoms with van der Waals surface area (Å²) in [6.07, 6.45) is 4.02. The van der Waals surface area contributed by atoms with Gasteiger partial charge in [0.05, 0.1) is 7.11 Å². The number of ether oxygens (including phenoxy) is 1. The molecule has 1 aliphatic rings. The molecule has 1 N–H and O–H groups in total. The fourth-order valence-electron chi connectivity index (χ4n) is 3.68. The molecular formula is C26H31N3O4. The van der Waals surface area contributed by atoms with E-state index >= 15 is 0 Å². The van der Waals surface area contributed by atoms with Gasteiger partial charge < -0.3 is 19.9 Å². The molecule has 1 heterocycles. The van der Waals surface area contributed by atoms with E-state index in [0.29, 0.717) is 31.7 Å². The highest BCUT2D eigenvalue weighted by Gasteiger charge is 2.27. The van der Waals surface area contributed by atoms with E-state index in [2.05, 4.69) is 12.2 Å². The van der Waals surface area contributed by atoms with Gasteiger partial charge in [-0.3, -0.25) is 14.4 Å². The van der Waals surface area contributed by atoms with E-state index in [4.69, 9.17) is 4.74 Å². The van der Waals surface area contributed by atoms with Crippen molar-refractivity contribution in [3.05, 3.63) is 71.3 Å². The number of carbonyl (C=O) groups excluding carboxylic acids is 3. The Hall–Kier alpha value is -3.61. The zero-order valence-corrected chi connectivity index (χ0v) is 19.4. The first kappa shape index (κ1) is 24.0. The fourth-order valence-corrected chi connectivity index (χ4v) is 3.68. The molecule has 7 heteroatoms. The molecule has 2 aromatic rings. The summed E-state index contributed by atoms with van der Waals surface area (Å²) in [4.78, 5) is 41.2. The van der Waals surface area contributed by atoms with Crippen LogP contribution in [0.25, 0.3) is 6.08 Å². The van der Waals surface area contributed by atoms with Crippen molar-refractivity contribution in [3.8, 4) is 5.75 Å². The third-order valence-corrected chi connectivity index (χ3v) is 5.76. The SMILES string of the molecule is CCc1ccc(C(=O)N2CCN(C(=O)C(C)NC(=O)/C=C/c3ccc(OC)cc3)CC2)cc1. The van der Waals surface area contributed by atoms with E-state index in [1.165, 1.54) is 11.6 Å². The van der Waals surface area contributed by atoms with Crippen LogP contribution in [0.15, 0.2) is 54.6 Å². The molecular weight excluding hydrogens is 418 g/mol. The third-order valence-electron chi connectivity index (χ3n) is 5.76. The number of nitrogens with one attached hydrogen (secondary N) is 1. The number of benzene rings is 2. The Balaban J connectivity index is 1.47. The van der Waals surface area contributed by atoms with Gasteiger partial charge in [0, 0.05) is 37.8 Å². The quantitative estimate of drug-likeness (QED) is 0.660. The molecule has 3 amide bonds. The smallest absolute Gasteiger partial charge is 0.253 e. The Morgan fingerprint density at radius 1 is 0.970 bits per heavy atom. The lowest BCUT2D eigenvalue weighted by Crippen LogP contribution is -2.55. The van der Waals surface area contributed by atoms with Crippen LogP contribution in [0, 0.1) is 0 Å². The monoisotopic (exact) mass is 449 g/mol. The first-order chi connectivity index (χ1) is 15.9. The average molecular weight is 450 g/mol. The molecule has 0 aliphatic carbocycles. The molecule has 2 aromatic carbocycles. The maximum atomic E-state index is 12.8. The third kappa shape index (κ3) is 6.44. The first-order valence-electron chi connectivity index (χ1n) is 11.2. The summed E-state index contributed by atoms with van der Waals surface area (Å²) in [5.41, 5.74) is 2.71. The zero-order valence-electron chi connectivity index (χ0n) is 19.4. The summed E-state index contributed by atoms with van der Waals surface area (Å²) in [5.74, 6) is 0.235. The van der Waals surface area contributed by atoms with Crippen LogP contribution in [-0.4, -0.2) is 66.9 Å². The maximum absolute atomic E-state index is 12.8. The summed E-state index contributed by atoms with van der Waals surface area (Å²) in [6.45, 7) is 5.58. The van der Waals surface area contributed by atoms with Gasteiger partial charge in [0.25, 0.3) is 5.91 Å². The molecule has 0 bridgehead atoms. The van der Waals surface area contributed by atoms with Crippen molar-refractivity contribution < 1.29 is 19.1 Å². The zero-order chi connectivity index (χ0) is 23.8. The lowest BCUT2D eigenvalue weighted by molar-refractivity contribution is -0.136. The Labute approximate surface area is 195 Å². The van der Waals surface area contributed by atoms with E-state index < -0.39 is 6.04 Å². The number of amides is 3. The molecule has 1 saturated heterocycles. The van der Waals surface area contributed by atoms with Gasteiger partial charge >= 0.3 is 0 Å². The largest absolute Gasteiger partial charge is 0.497 e. The van der Waals surface area contributed by atoms with Gasteiger partial charge in [-0.15, -0.1) is 0 Å². The molecule has 174 valence electrons. The topological polar surface area (TPSA) is 79.0 Å².